The molecule has 0 fully saturated rings. The van der Waals surface area contributed by atoms with E-state index in [-0.39, 0.29) is 0 Å². The van der Waals surface area contributed by atoms with E-state index < -0.39 is 36.2 Å². The molecule has 6 nitrogen and oxygen atoms in total. The van der Waals surface area contributed by atoms with Crippen LogP contribution in [-0.2, 0) is 9.53 Å². The fourth-order valence-electron chi connectivity index (χ4n) is 0.870. The zero-order valence-electron chi connectivity index (χ0n) is 9.57. The van der Waals surface area contributed by atoms with Crippen molar-refractivity contribution in [3.63, 3.8) is 0 Å². The number of halogens is 2. The molecule has 0 aliphatic rings. The highest BCUT2D eigenvalue weighted by Gasteiger charge is 2.32. The summed E-state index contributed by atoms with van der Waals surface area (Å²) in [7, 11) is 0. The lowest BCUT2D eigenvalue weighted by Crippen LogP contribution is -2.55. The van der Waals surface area contributed by atoms with E-state index >= 15 is 0 Å². The summed E-state index contributed by atoms with van der Waals surface area (Å²) in [5, 5.41) is 20.7. The van der Waals surface area contributed by atoms with Crippen LogP contribution < -0.4 is 10.4 Å². The van der Waals surface area contributed by atoms with Crippen LogP contribution in [-0.4, -0.2) is 41.3 Å². The quantitative estimate of drug-likeness (QED) is 0.688. The molecule has 100 valence electrons. The second-order valence-electron chi connectivity index (χ2n) is 4.27. The Morgan fingerprint density at radius 3 is 2.12 bits per heavy atom. The molecule has 0 aromatic carbocycles. The van der Waals surface area contributed by atoms with E-state index in [1.165, 1.54) is 20.8 Å². The summed E-state index contributed by atoms with van der Waals surface area (Å²) in [5.41, 5.74) is -0.927. The largest absolute Gasteiger partial charge is 0.547 e. The maximum Gasteiger partial charge on any atom is 0.408 e. The summed E-state index contributed by atoms with van der Waals surface area (Å²) in [4.78, 5) is 21.3. The van der Waals surface area contributed by atoms with Gasteiger partial charge in [0.05, 0.1) is 5.97 Å². The number of carboxylic acid groups (broad SMARTS) is 1. The van der Waals surface area contributed by atoms with Crippen LogP contribution in [0.4, 0.5) is 13.6 Å². The summed E-state index contributed by atoms with van der Waals surface area (Å²) in [6, 6.07) is -2.28. The summed E-state index contributed by atoms with van der Waals surface area (Å²) in [5.74, 6) is -2.11. The van der Waals surface area contributed by atoms with Crippen molar-refractivity contribution >= 4 is 12.1 Å². The number of amides is 1. The molecule has 0 heterocycles. The van der Waals surface area contributed by atoms with Crippen molar-refractivity contribution in [3.8, 4) is 0 Å². The molecule has 0 aromatic rings. The molecule has 17 heavy (non-hydrogen) atoms. The molecule has 2 N–H and O–H groups in total. The number of aliphatic hydroxyl groups is 1. The van der Waals surface area contributed by atoms with Crippen LogP contribution in [0.2, 0.25) is 0 Å². The smallest absolute Gasteiger partial charge is 0.408 e. The first kappa shape index (κ1) is 15.6. The summed E-state index contributed by atoms with van der Waals surface area (Å²) >= 11 is 0. The van der Waals surface area contributed by atoms with Crippen molar-refractivity contribution < 1.29 is 33.3 Å². The molecule has 0 radical (unpaired) electrons. The van der Waals surface area contributed by atoms with E-state index in [1.54, 1.807) is 5.32 Å². The second-order valence-corrected chi connectivity index (χ2v) is 4.27. The zero-order valence-corrected chi connectivity index (χ0v) is 9.57. The first-order chi connectivity index (χ1) is 7.54. The van der Waals surface area contributed by atoms with E-state index in [0.29, 0.717) is 0 Å². The molecule has 1 amide bonds. The minimum Gasteiger partial charge on any atom is -0.547 e. The van der Waals surface area contributed by atoms with E-state index in [1.807, 2.05) is 0 Å². The SMILES string of the molecule is CC(C)(C)OC(=O)N[C@@H](C(F)F)[C@@H](O)C(=O)[O-]. The highest BCUT2D eigenvalue weighted by molar-refractivity contribution is 5.73. The van der Waals surface area contributed by atoms with Gasteiger partial charge >= 0.3 is 6.09 Å². The summed E-state index contributed by atoms with van der Waals surface area (Å²) < 4.78 is 29.4. The number of carboxylic acids is 1. The van der Waals surface area contributed by atoms with Crippen LogP contribution in [0, 0.1) is 0 Å². The predicted octanol–water partition coefficient (Wildman–Crippen LogP) is -0.744. The van der Waals surface area contributed by atoms with Crippen molar-refractivity contribution in [2.24, 2.45) is 0 Å². The lowest BCUT2D eigenvalue weighted by atomic mass is 10.1. The predicted molar refractivity (Wildman–Crippen MR) is 50.2 cm³/mol. The van der Waals surface area contributed by atoms with Crippen LogP contribution in [0.15, 0.2) is 0 Å². The van der Waals surface area contributed by atoms with Crippen molar-refractivity contribution in [2.75, 3.05) is 0 Å². The maximum absolute atomic E-state index is 12.4. The molecule has 8 heteroatoms. The van der Waals surface area contributed by atoms with Crippen molar-refractivity contribution in [1.29, 1.82) is 0 Å². The number of nitrogens with one attached hydrogen (secondary N) is 1. The molecule has 0 unspecified atom stereocenters. The number of aliphatic hydroxyl groups excluding tert-OH is 1. The molecule has 2 atom stereocenters. The Morgan fingerprint density at radius 2 is 1.82 bits per heavy atom. The van der Waals surface area contributed by atoms with Gasteiger partial charge in [0.25, 0.3) is 6.43 Å². The maximum atomic E-state index is 12.4. The van der Waals surface area contributed by atoms with Crippen molar-refractivity contribution in [3.05, 3.63) is 0 Å². The number of rotatable bonds is 4. The van der Waals surface area contributed by atoms with Crippen molar-refractivity contribution in [2.45, 2.75) is 44.9 Å². The normalized spacial score (nSPS) is 15.2. The van der Waals surface area contributed by atoms with Gasteiger partial charge in [-0.25, -0.2) is 13.6 Å². The van der Waals surface area contributed by atoms with Gasteiger partial charge in [-0.05, 0) is 20.8 Å². The number of alkyl halides is 2. The summed E-state index contributed by atoms with van der Waals surface area (Å²) in [6.07, 6.45) is -7.03. The third-order valence-corrected chi connectivity index (χ3v) is 1.54. The van der Waals surface area contributed by atoms with E-state index in [0.717, 1.165) is 0 Å². The molecular formula is C9H14F2NO5-. The van der Waals surface area contributed by atoms with E-state index in [9.17, 15) is 23.5 Å². The van der Waals surface area contributed by atoms with Crippen LogP contribution in [0.1, 0.15) is 20.8 Å². The lowest BCUT2D eigenvalue weighted by Gasteiger charge is -2.26. The fourth-order valence-corrected chi connectivity index (χ4v) is 0.870. The lowest BCUT2D eigenvalue weighted by molar-refractivity contribution is -0.317. The van der Waals surface area contributed by atoms with E-state index in [4.69, 9.17) is 5.11 Å². The first-order valence-electron chi connectivity index (χ1n) is 4.71. The van der Waals surface area contributed by atoms with Gasteiger partial charge in [-0.1, -0.05) is 0 Å². The number of carbonyl (C=O) groups excluding carboxylic acids is 2. The number of ether oxygens (including phenoxy) is 1. The van der Waals surface area contributed by atoms with Gasteiger partial charge < -0.3 is 25.1 Å². The Morgan fingerprint density at radius 1 is 1.35 bits per heavy atom. The number of aliphatic carboxylic acids is 1. The van der Waals surface area contributed by atoms with Gasteiger partial charge in [-0.15, -0.1) is 0 Å². The Hall–Kier alpha value is -1.44. The minimum absolute atomic E-state index is 0.927. The third kappa shape index (κ3) is 6.00. The molecule has 0 aromatic heterocycles. The van der Waals surface area contributed by atoms with Gasteiger partial charge in [0.15, 0.2) is 0 Å². The minimum atomic E-state index is -3.27. The molecule has 0 aliphatic carbocycles. The standard InChI is InChI=1S/C9H15F2NO5/c1-9(2,3)17-8(16)12-4(6(10)11)5(13)7(14)15/h4-6,13H,1-3H3,(H,12,16)(H,14,15)/p-1/t4-,5-/m1/s1. The molecule has 0 saturated carbocycles. The molecule has 0 bridgehead atoms. The topological polar surface area (TPSA) is 98.7 Å². The summed E-state index contributed by atoms with van der Waals surface area (Å²) in [6.45, 7) is 4.50. The van der Waals surface area contributed by atoms with Gasteiger partial charge in [-0.3, -0.25) is 0 Å². The number of alkyl carbamates (subject to hydrolysis) is 1. The fraction of sp³-hybridized carbons (Fsp3) is 0.778. The van der Waals surface area contributed by atoms with Gasteiger partial charge in [0.2, 0.25) is 0 Å². The Bertz CT molecular complexity index is 290. The highest BCUT2D eigenvalue weighted by atomic mass is 19.3. The number of carbonyl (C=O) groups is 2. The molecular weight excluding hydrogens is 240 g/mol. The van der Waals surface area contributed by atoms with Crippen LogP contribution in [0.3, 0.4) is 0 Å². The average Bonchev–Trinajstić information content (AvgIpc) is 2.09. The monoisotopic (exact) mass is 254 g/mol. The Balaban J connectivity index is 4.57. The van der Waals surface area contributed by atoms with Crippen LogP contribution in [0.5, 0.6) is 0 Å². The molecule has 0 aliphatic heterocycles. The molecule has 0 spiro atoms. The first-order valence-corrected chi connectivity index (χ1v) is 4.71. The van der Waals surface area contributed by atoms with Gasteiger partial charge in [-0.2, -0.15) is 0 Å². The van der Waals surface area contributed by atoms with Crippen LogP contribution in [0.25, 0.3) is 0 Å². The number of hydrogen-bond acceptors (Lipinski definition) is 5. The highest BCUT2D eigenvalue weighted by Crippen LogP contribution is 2.10. The Labute approximate surface area is 96.6 Å². The molecule has 0 saturated heterocycles. The van der Waals surface area contributed by atoms with Gasteiger partial charge in [0.1, 0.15) is 17.7 Å². The third-order valence-electron chi connectivity index (χ3n) is 1.54. The van der Waals surface area contributed by atoms with Crippen LogP contribution >= 0.6 is 0 Å². The Kier molecular flexibility index (Phi) is 5.27. The molecule has 0 rings (SSSR count). The number of hydrogen-bond donors (Lipinski definition) is 2. The zero-order chi connectivity index (χ0) is 13.8. The second kappa shape index (κ2) is 5.76. The van der Waals surface area contributed by atoms with Gasteiger partial charge in [0, 0.05) is 0 Å². The average molecular weight is 254 g/mol. The van der Waals surface area contributed by atoms with Crippen molar-refractivity contribution in [1.82, 2.24) is 5.32 Å². The van der Waals surface area contributed by atoms with E-state index in [2.05, 4.69) is 4.74 Å².